The van der Waals surface area contributed by atoms with Crippen LogP contribution in [0.15, 0.2) is 0 Å². The molecule has 96 valence electrons. The van der Waals surface area contributed by atoms with Gasteiger partial charge in [0.2, 0.25) is 16.5 Å². The molecule has 7 heteroatoms. The average Bonchev–Trinajstić information content (AvgIpc) is 2.22. The number of methoxy groups -OCH3 is 1. The van der Waals surface area contributed by atoms with Gasteiger partial charge in [0, 0.05) is 20.2 Å². The van der Waals surface area contributed by atoms with E-state index in [1.807, 2.05) is 4.90 Å². The van der Waals surface area contributed by atoms with Crippen LogP contribution in [-0.4, -0.2) is 41.8 Å². The van der Waals surface area contributed by atoms with Crippen LogP contribution in [0.25, 0.3) is 0 Å². The third-order valence-electron chi connectivity index (χ3n) is 2.00. The topological polar surface area (TPSA) is 51.1 Å². The maximum atomic E-state index is 5.76. The third kappa shape index (κ3) is 5.02. The zero-order chi connectivity index (χ0) is 12.8. The van der Waals surface area contributed by atoms with Gasteiger partial charge in [-0.15, -0.1) is 0 Å². The lowest BCUT2D eigenvalue weighted by Gasteiger charge is -2.24. The molecule has 17 heavy (non-hydrogen) atoms. The molecule has 0 N–H and O–H groups in total. The van der Waals surface area contributed by atoms with E-state index in [4.69, 9.17) is 27.9 Å². The molecule has 1 heterocycles. The Kier molecular flexibility index (Phi) is 5.88. The highest BCUT2D eigenvalue weighted by Crippen LogP contribution is 2.15. The highest BCUT2D eigenvalue weighted by Gasteiger charge is 2.13. The molecular formula is C10H16Cl2N4O. The summed E-state index contributed by atoms with van der Waals surface area (Å²) in [5.74, 6) is 0.960. The monoisotopic (exact) mass is 278 g/mol. The predicted octanol–water partition coefficient (Wildman–Crippen LogP) is 2.29. The molecule has 0 saturated heterocycles. The molecule has 5 nitrogen and oxygen atoms in total. The number of hydrogen-bond acceptors (Lipinski definition) is 5. The molecular weight excluding hydrogens is 263 g/mol. The van der Waals surface area contributed by atoms with Gasteiger partial charge in [0.15, 0.2) is 0 Å². The summed E-state index contributed by atoms with van der Waals surface area (Å²) in [5, 5.41) is 0.206. The SMILES string of the molecule is COCCN(CC(C)C)c1nc(Cl)nc(Cl)n1. The first kappa shape index (κ1) is 14.4. The normalized spacial score (nSPS) is 10.9. The second-order valence-electron chi connectivity index (χ2n) is 4.01. The first-order valence-electron chi connectivity index (χ1n) is 5.34. The molecule has 0 unspecified atom stereocenters. The summed E-state index contributed by atoms with van der Waals surface area (Å²) in [6, 6.07) is 0. The van der Waals surface area contributed by atoms with Crippen molar-refractivity contribution >= 4 is 29.2 Å². The van der Waals surface area contributed by atoms with E-state index in [-0.39, 0.29) is 10.6 Å². The van der Waals surface area contributed by atoms with Gasteiger partial charge in [-0.2, -0.15) is 15.0 Å². The van der Waals surface area contributed by atoms with Gasteiger partial charge in [-0.3, -0.25) is 0 Å². The predicted molar refractivity (Wildman–Crippen MR) is 68.8 cm³/mol. The van der Waals surface area contributed by atoms with Gasteiger partial charge in [-0.1, -0.05) is 13.8 Å². The Morgan fingerprint density at radius 2 is 1.76 bits per heavy atom. The van der Waals surface area contributed by atoms with Gasteiger partial charge in [-0.25, -0.2) is 0 Å². The number of halogens is 2. The van der Waals surface area contributed by atoms with E-state index in [0.29, 0.717) is 25.0 Å². The highest BCUT2D eigenvalue weighted by molar-refractivity contribution is 6.31. The van der Waals surface area contributed by atoms with E-state index in [9.17, 15) is 0 Å². The molecule has 1 aromatic heterocycles. The van der Waals surface area contributed by atoms with E-state index in [2.05, 4.69) is 28.8 Å². The summed E-state index contributed by atoms with van der Waals surface area (Å²) < 4.78 is 5.06. The summed E-state index contributed by atoms with van der Waals surface area (Å²) >= 11 is 11.5. The van der Waals surface area contributed by atoms with Gasteiger partial charge < -0.3 is 9.64 Å². The summed E-state index contributed by atoms with van der Waals surface area (Å²) in [5.41, 5.74) is 0. The fraction of sp³-hybridized carbons (Fsp3) is 0.700. The van der Waals surface area contributed by atoms with Gasteiger partial charge in [0.05, 0.1) is 6.61 Å². The summed E-state index contributed by atoms with van der Waals surface area (Å²) in [6.07, 6.45) is 0. The van der Waals surface area contributed by atoms with Crippen LogP contribution in [-0.2, 0) is 4.74 Å². The Bertz CT molecular complexity index is 342. The van der Waals surface area contributed by atoms with E-state index in [0.717, 1.165) is 6.54 Å². The molecule has 0 fully saturated rings. The summed E-state index contributed by atoms with van der Waals surface area (Å²) in [7, 11) is 1.65. The maximum absolute atomic E-state index is 5.76. The third-order valence-corrected chi connectivity index (χ3v) is 2.34. The van der Waals surface area contributed by atoms with Crippen molar-refractivity contribution in [2.75, 3.05) is 31.7 Å². The van der Waals surface area contributed by atoms with Crippen LogP contribution in [0.4, 0.5) is 5.95 Å². The molecule has 0 radical (unpaired) electrons. The van der Waals surface area contributed by atoms with Crippen molar-refractivity contribution in [3.05, 3.63) is 10.6 Å². The Morgan fingerprint density at radius 3 is 2.24 bits per heavy atom. The second kappa shape index (κ2) is 6.93. The van der Waals surface area contributed by atoms with E-state index >= 15 is 0 Å². The minimum Gasteiger partial charge on any atom is -0.383 e. The van der Waals surface area contributed by atoms with Crippen LogP contribution in [0.3, 0.4) is 0 Å². The molecule has 1 aromatic rings. The molecule has 0 aliphatic rings. The fourth-order valence-electron chi connectivity index (χ4n) is 1.37. The minimum atomic E-state index is 0.103. The summed E-state index contributed by atoms with van der Waals surface area (Å²) in [6.45, 7) is 6.31. The van der Waals surface area contributed by atoms with Crippen LogP contribution >= 0.6 is 23.2 Å². The molecule has 0 bridgehead atoms. The van der Waals surface area contributed by atoms with E-state index < -0.39 is 0 Å². The van der Waals surface area contributed by atoms with Crippen molar-refractivity contribution in [3.63, 3.8) is 0 Å². The number of hydrogen-bond donors (Lipinski definition) is 0. The van der Waals surface area contributed by atoms with Crippen LogP contribution < -0.4 is 4.90 Å². The lowest BCUT2D eigenvalue weighted by molar-refractivity contribution is 0.204. The Hall–Kier alpha value is -0.650. The number of anilines is 1. The van der Waals surface area contributed by atoms with Crippen molar-refractivity contribution in [1.29, 1.82) is 0 Å². The van der Waals surface area contributed by atoms with Gasteiger partial charge in [0.25, 0.3) is 0 Å². The van der Waals surface area contributed by atoms with Crippen LogP contribution in [0, 0.1) is 5.92 Å². The highest BCUT2D eigenvalue weighted by atomic mass is 35.5. The Morgan fingerprint density at radius 1 is 1.18 bits per heavy atom. The number of rotatable bonds is 6. The van der Waals surface area contributed by atoms with Gasteiger partial charge in [-0.05, 0) is 29.1 Å². The number of ether oxygens (including phenoxy) is 1. The lowest BCUT2D eigenvalue weighted by atomic mass is 10.2. The average molecular weight is 279 g/mol. The zero-order valence-electron chi connectivity index (χ0n) is 10.2. The smallest absolute Gasteiger partial charge is 0.231 e. The molecule has 1 rings (SSSR count). The molecule has 0 aliphatic heterocycles. The lowest BCUT2D eigenvalue weighted by Crippen LogP contribution is -2.32. The molecule has 0 aliphatic carbocycles. The summed E-state index contributed by atoms with van der Waals surface area (Å²) in [4.78, 5) is 13.8. The molecule has 0 aromatic carbocycles. The molecule has 0 saturated carbocycles. The Balaban J connectivity index is 2.86. The number of nitrogens with zero attached hydrogens (tertiary/aromatic N) is 4. The maximum Gasteiger partial charge on any atom is 0.231 e. The van der Waals surface area contributed by atoms with Crippen molar-refractivity contribution in [3.8, 4) is 0 Å². The fourth-order valence-corrected chi connectivity index (χ4v) is 1.73. The van der Waals surface area contributed by atoms with Crippen LogP contribution in [0.1, 0.15) is 13.8 Å². The molecule has 0 atom stereocenters. The van der Waals surface area contributed by atoms with Gasteiger partial charge in [0.1, 0.15) is 0 Å². The Labute approximate surface area is 111 Å². The van der Waals surface area contributed by atoms with Gasteiger partial charge >= 0.3 is 0 Å². The quantitative estimate of drug-likeness (QED) is 0.799. The van der Waals surface area contributed by atoms with Crippen molar-refractivity contribution in [2.45, 2.75) is 13.8 Å². The van der Waals surface area contributed by atoms with Crippen molar-refractivity contribution in [2.24, 2.45) is 5.92 Å². The molecule has 0 spiro atoms. The van der Waals surface area contributed by atoms with E-state index in [1.165, 1.54) is 0 Å². The van der Waals surface area contributed by atoms with Crippen molar-refractivity contribution in [1.82, 2.24) is 15.0 Å². The first-order valence-corrected chi connectivity index (χ1v) is 6.09. The number of aromatic nitrogens is 3. The largest absolute Gasteiger partial charge is 0.383 e. The van der Waals surface area contributed by atoms with Crippen LogP contribution in [0.5, 0.6) is 0 Å². The molecule has 0 amide bonds. The standard InChI is InChI=1S/C10H16Cl2N4O/c1-7(2)6-16(4-5-17-3)10-14-8(11)13-9(12)15-10/h7H,4-6H2,1-3H3. The van der Waals surface area contributed by atoms with Crippen molar-refractivity contribution < 1.29 is 4.74 Å². The zero-order valence-corrected chi connectivity index (χ0v) is 11.7. The van der Waals surface area contributed by atoms with E-state index in [1.54, 1.807) is 7.11 Å². The second-order valence-corrected chi connectivity index (χ2v) is 4.68. The van der Waals surface area contributed by atoms with Crippen LogP contribution in [0.2, 0.25) is 10.6 Å². The minimum absolute atomic E-state index is 0.103. The first-order chi connectivity index (χ1) is 8.02.